The lowest BCUT2D eigenvalue weighted by molar-refractivity contribution is -0.124. The lowest BCUT2D eigenvalue weighted by Gasteiger charge is -2.17. The Balaban J connectivity index is 1.89. The van der Waals surface area contributed by atoms with Crippen LogP contribution in [0.1, 0.15) is 32.7 Å². The fourth-order valence-corrected chi connectivity index (χ4v) is 1.69. The Hall–Kier alpha value is -1.32. The highest BCUT2D eigenvalue weighted by molar-refractivity contribution is 5.80. The minimum atomic E-state index is -0.221. The summed E-state index contributed by atoms with van der Waals surface area (Å²) in [4.78, 5) is 11.8. The second-order valence-corrected chi connectivity index (χ2v) is 4.30. The lowest BCUT2D eigenvalue weighted by atomic mass is 10.2. The van der Waals surface area contributed by atoms with Crippen molar-refractivity contribution in [3.63, 3.8) is 0 Å². The van der Waals surface area contributed by atoms with E-state index in [1.165, 1.54) is 12.8 Å². The number of carbonyl (C=O) groups is 1. The number of rotatable bonds is 4. The highest BCUT2D eigenvalue weighted by atomic mass is 16.2. The third-order valence-electron chi connectivity index (χ3n) is 3.00. The summed E-state index contributed by atoms with van der Waals surface area (Å²) in [6.45, 7) is 3.94. The summed E-state index contributed by atoms with van der Waals surface area (Å²) >= 11 is 0. The van der Waals surface area contributed by atoms with Crippen molar-refractivity contribution < 1.29 is 4.79 Å². The van der Waals surface area contributed by atoms with E-state index in [1.807, 2.05) is 19.2 Å². The fourth-order valence-electron chi connectivity index (χ4n) is 1.69. The topological polar surface area (TPSA) is 46.9 Å². The number of hydrogen-bond donors (Lipinski definition) is 1. The van der Waals surface area contributed by atoms with Gasteiger partial charge in [0.05, 0.1) is 0 Å². The molecule has 1 amide bonds. The molecule has 1 aromatic heterocycles. The highest BCUT2D eigenvalue weighted by Gasteiger charge is 2.30. The summed E-state index contributed by atoms with van der Waals surface area (Å²) in [5.74, 6) is 0.747. The van der Waals surface area contributed by atoms with Gasteiger partial charge in [-0.15, -0.1) is 0 Å². The van der Waals surface area contributed by atoms with E-state index < -0.39 is 0 Å². The van der Waals surface area contributed by atoms with Crippen LogP contribution in [0.4, 0.5) is 0 Å². The standard InChI is InChI=1S/C11H17N3O/c1-8(10-4-5-10)13-11(15)9(2)14-7-3-6-12-14/h3,6-10H,4-5H2,1-2H3,(H,13,15). The summed E-state index contributed by atoms with van der Waals surface area (Å²) in [6.07, 6.45) is 6.00. The van der Waals surface area contributed by atoms with Crippen LogP contribution in [0.15, 0.2) is 18.5 Å². The van der Waals surface area contributed by atoms with Crippen molar-refractivity contribution in [1.29, 1.82) is 0 Å². The van der Waals surface area contributed by atoms with Crippen molar-refractivity contribution in [2.45, 2.75) is 38.8 Å². The number of nitrogens with zero attached hydrogens (tertiary/aromatic N) is 2. The molecule has 0 bridgehead atoms. The monoisotopic (exact) mass is 207 g/mol. The molecule has 2 unspecified atom stereocenters. The largest absolute Gasteiger partial charge is 0.352 e. The number of carbonyl (C=O) groups excluding carboxylic acids is 1. The van der Waals surface area contributed by atoms with Crippen LogP contribution in [-0.4, -0.2) is 21.7 Å². The normalized spacial score (nSPS) is 19.6. The SMILES string of the molecule is CC(NC(=O)C(C)n1cccn1)C1CC1. The Morgan fingerprint density at radius 2 is 2.27 bits per heavy atom. The van der Waals surface area contributed by atoms with Crippen molar-refractivity contribution >= 4 is 5.91 Å². The highest BCUT2D eigenvalue weighted by Crippen LogP contribution is 2.32. The van der Waals surface area contributed by atoms with Crippen molar-refractivity contribution in [3.8, 4) is 0 Å². The van der Waals surface area contributed by atoms with Crippen LogP contribution in [0.25, 0.3) is 0 Å². The van der Waals surface area contributed by atoms with E-state index in [2.05, 4.69) is 17.3 Å². The molecule has 1 aliphatic rings. The summed E-state index contributed by atoms with van der Waals surface area (Å²) in [7, 11) is 0. The molecule has 1 aliphatic carbocycles. The van der Waals surface area contributed by atoms with Gasteiger partial charge in [0.25, 0.3) is 0 Å². The summed E-state index contributed by atoms with van der Waals surface area (Å²) in [5, 5.41) is 7.09. The first-order valence-electron chi connectivity index (χ1n) is 5.48. The molecule has 0 aliphatic heterocycles. The van der Waals surface area contributed by atoms with Crippen LogP contribution < -0.4 is 5.32 Å². The Morgan fingerprint density at radius 1 is 1.53 bits per heavy atom. The molecule has 1 saturated carbocycles. The third kappa shape index (κ3) is 2.37. The maximum Gasteiger partial charge on any atom is 0.244 e. The molecule has 1 N–H and O–H groups in total. The first kappa shape index (κ1) is 10.2. The van der Waals surface area contributed by atoms with Crippen LogP contribution in [0.2, 0.25) is 0 Å². The van der Waals surface area contributed by atoms with Gasteiger partial charge in [-0.25, -0.2) is 0 Å². The van der Waals surface area contributed by atoms with E-state index in [-0.39, 0.29) is 11.9 Å². The quantitative estimate of drug-likeness (QED) is 0.810. The van der Waals surface area contributed by atoms with Gasteiger partial charge in [-0.05, 0) is 38.7 Å². The predicted molar refractivity (Wildman–Crippen MR) is 57.3 cm³/mol. The summed E-state index contributed by atoms with van der Waals surface area (Å²) in [6, 6.07) is 1.91. The van der Waals surface area contributed by atoms with E-state index in [1.54, 1.807) is 10.9 Å². The van der Waals surface area contributed by atoms with E-state index in [0.717, 1.165) is 0 Å². The van der Waals surface area contributed by atoms with Crippen LogP contribution in [0.3, 0.4) is 0 Å². The van der Waals surface area contributed by atoms with Gasteiger partial charge in [0, 0.05) is 18.4 Å². The minimum absolute atomic E-state index is 0.0538. The molecular weight excluding hydrogens is 190 g/mol. The maximum absolute atomic E-state index is 11.8. The molecule has 82 valence electrons. The van der Waals surface area contributed by atoms with Crippen molar-refractivity contribution in [1.82, 2.24) is 15.1 Å². The Bertz CT molecular complexity index is 330. The molecule has 0 radical (unpaired) electrons. The van der Waals surface area contributed by atoms with Gasteiger partial charge in [-0.1, -0.05) is 0 Å². The predicted octanol–water partition coefficient (Wildman–Crippen LogP) is 1.36. The Labute approximate surface area is 89.7 Å². The van der Waals surface area contributed by atoms with Crippen molar-refractivity contribution in [2.75, 3.05) is 0 Å². The Morgan fingerprint density at radius 3 is 2.80 bits per heavy atom. The van der Waals surface area contributed by atoms with Crippen LogP contribution >= 0.6 is 0 Å². The smallest absolute Gasteiger partial charge is 0.244 e. The van der Waals surface area contributed by atoms with Gasteiger partial charge < -0.3 is 5.32 Å². The molecule has 2 atom stereocenters. The minimum Gasteiger partial charge on any atom is -0.352 e. The van der Waals surface area contributed by atoms with E-state index in [0.29, 0.717) is 12.0 Å². The number of aromatic nitrogens is 2. The average molecular weight is 207 g/mol. The first-order valence-corrected chi connectivity index (χ1v) is 5.48. The van der Waals surface area contributed by atoms with E-state index >= 15 is 0 Å². The lowest BCUT2D eigenvalue weighted by Crippen LogP contribution is -2.38. The summed E-state index contributed by atoms with van der Waals surface area (Å²) < 4.78 is 1.68. The zero-order valence-electron chi connectivity index (χ0n) is 9.18. The molecule has 0 spiro atoms. The molecule has 0 saturated heterocycles. The molecule has 4 nitrogen and oxygen atoms in total. The molecule has 0 aromatic carbocycles. The second-order valence-electron chi connectivity index (χ2n) is 4.30. The van der Waals surface area contributed by atoms with Gasteiger partial charge in [0.15, 0.2) is 0 Å². The second kappa shape index (κ2) is 4.04. The van der Waals surface area contributed by atoms with Crippen LogP contribution in [0.5, 0.6) is 0 Å². The van der Waals surface area contributed by atoms with Crippen LogP contribution in [-0.2, 0) is 4.79 Å². The Kier molecular flexibility index (Phi) is 2.75. The molecule has 1 aromatic rings. The third-order valence-corrected chi connectivity index (χ3v) is 3.00. The van der Waals surface area contributed by atoms with Gasteiger partial charge in [-0.2, -0.15) is 5.10 Å². The number of hydrogen-bond acceptors (Lipinski definition) is 2. The van der Waals surface area contributed by atoms with Gasteiger partial charge >= 0.3 is 0 Å². The van der Waals surface area contributed by atoms with Gasteiger partial charge in [0.2, 0.25) is 5.91 Å². The molecule has 1 heterocycles. The number of amides is 1. The van der Waals surface area contributed by atoms with E-state index in [4.69, 9.17) is 0 Å². The number of nitrogens with one attached hydrogen (secondary N) is 1. The van der Waals surface area contributed by atoms with Crippen molar-refractivity contribution in [2.24, 2.45) is 5.92 Å². The van der Waals surface area contributed by atoms with Crippen LogP contribution in [0, 0.1) is 5.92 Å². The van der Waals surface area contributed by atoms with E-state index in [9.17, 15) is 4.79 Å². The molecule has 2 rings (SSSR count). The maximum atomic E-state index is 11.8. The summed E-state index contributed by atoms with van der Waals surface area (Å²) in [5.41, 5.74) is 0. The average Bonchev–Trinajstić information content (AvgIpc) is 2.93. The first-order chi connectivity index (χ1) is 7.18. The zero-order valence-corrected chi connectivity index (χ0v) is 9.18. The molecular formula is C11H17N3O. The van der Waals surface area contributed by atoms with Gasteiger partial charge in [-0.3, -0.25) is 9.48 Å². The molecule has 4 heteroatoms. The molecule has 1 fully saturated rings. The molecule has 15 heavy (non-hydrogen) atoms. The zero-order chi connectivity index (χ0) is 10.8. The fraction of sp³-hybridized carbons (Fsp3) is 0.636. The van der Waals surface area contributed by atoms with Crippen molar-refractivity contribution in [3.05, 3.63) is 18.5 Å². The van der Waals surface area contributed by atoms with Gasteiger partial charge in [0.1, 0.15) is 6.04 Å².